The number of hydrogen-bond donors (Lipinski definition) is 2. The van der Waals surface area contributed by atoms with Crippen LogP contribution >= 0.6 is 0 Å². The molecule has 1 aromatic rings. The predicted octanol–water partition coefficient (Wildman–Crippen LogP) is 2.95. The van der Waals surface area contributed by atoms with E-state index in [9.17, 15) is 14.9 Å². The summed E-state index contributed by atoms with van der Waals surface area (Å²) in [6, 6.07) is 4.34. The molecule has 0 aliphatic carbocycles. The third-order valence-electron chi connectivity index (χ3n) is 3.68. The van der Waals surface area contributed by atoms with Gasteiger partial charge in [0.15, 0.2) is 0 Å². The largest absolute Gasteiger partial charge is 0.374 e. The van der Waals surface area contributed by atoms with Crippen LogP contribution in [-0.2, 0) is 0 Å². The zero-order chi connectivity index (χ0) is 15.3. The van der Waals surface area contributed by atoms with Gasteiger partial charge in [0, 0.05) is 24.2 Å². The summed E-state index contributed by atoms with van der Waals surface area (Å²) < 4.78 is 0. The number of carbonyl (C=O) groups excluding carboxylic acids is 1. The molecular weight excluding hydrogens is 258 g/mol. The minimum atomic E-state index is -0.443. The second-order valence-electron chi connectivity index (χ2n) is 4.96. The van der Waals surface area contributed by atoms with Gasteiger partial charge in [-0.1, -0.05) is 13.8 Å². The highest BCUT2D eigenvalue weighted by Gasteiger charge is 2.24. The number of nitrogens with one attached hydrogen (secondary N) is 2. The summed E-state index contributed by atoms with van der Waals surface area (Å²) in [6.45, 7) is 6.04. The van der Waals surface area contributed by atoms with Gasteiger partial charge in [0.05, 0.1) is 4.92 Å². The summed E-state index contributed by atoms with van der Waals surface area (Å²) in [4.78, 5) is 22.3. The van der Waals surface area contributed by atoms with E-state index in [0.29, 0.717) is 11.3 Å². The fraction of sp³-hybridized carbons (Fsp3) is 0.500. The van der Waals surface area contributed by atoms with E-state index in [1.165, 1.54) is 25.2 Å². The number of amides is 1. The Bertz CT molecular complexity index is 510. The monoisotopic (exact) mass is 279 g/mol. The SMILES string of the molecule is CCC(C)(CC)Nc1cc(C(=O)NC)ccc1[N+](=O)[O-]. The predicted molar refractivity (Wildman–Crippen MR) is 79.1 cm³/mol. The molecule has 0 bridgehead atoms. The molecule has 0 saturated heterocycles. The van der Waals surface area contributed by atoms with Crippen LogP contribution in [0.25, 0.3) is 0 Å². The number of anilines is 1. The van der Waals surface area contributed by atoms with E-state index >= 15 is 0 Å². The van der Waals surface area contributed by atoms with Gasteiger partial charge in [-0.25, -0.2) is 0 Å². The van der Waals surface area contributed by atoms with Crippen molar-refractivity contribution in [2.75, 3.05) is 12.4 Å². The first-order valence-corrected chi connectivity index (χ1v) is 6.65. The molecule has 1 rings (SSSR count). The number of nitro groups is 1. The number of hydrogen-bond acceptors (Lipinski definition) is 4. The fourth-order valence-electron chi connectivity index (χ4n) is 1.83. The van der Waals surface area contributed by atoms with Gasteiger partial charge in [-0.3, -0.25) is 14.9 Å². The maximum atomic E-state index is 11.6. The van der Waals surface area contributed by atoms with E-state index in [4.69, 9.17) is 0 Å². The molecule has 0 fully saturated rings. The Morgan fingerprint density at radius 3 is 2.40 bits per heavy atom. The number of rotatable bonds is 6. The van der Waals surface area contributed by atoms with Gasteiger partial charge in [0.1, 0.15) is 5.69 Å². The molecule has 0 saturated carbocycles. The topological polar surface area (TPSA) is 84.3 Å². The zero-order valence-electron chi connectivity index (χ0n) is 12.3. The molecule has 0 unspecified atom stereocenters. The summed E-state index contributed by atoms with van der Waals surface area (Å²) in [5, 5.41) is 16.8. The zero-order valence-corrected chi connectivity index (χ0v) is 12.3. The Morgan fingerprint density at radius 2 is 1.95 bits per heavy atom. The van der Waals surface area contributed by atoms with Crippen molar-refractivity contribution in [3.8, 4) is 0 Å². The van der Waals surface area contributed by atoms with Gasteiger partial charge in [0.2, 0.25) is 0 Å². The van der Waals surface area contributed by atoms with Gasteiger partial charge in [0.25, 0.3) is 11.6 Å². The summed E-state index contributed by atoms with van der Waals surface area (Å²) >= 11 is 0. The molecule has 0 aromatic heterocycles. The highest BCUT2D eigenvalue weighted by atomic mass is 16.6. The van der Waals surface area contributed by atoms with E-state index in [-0.39, 0.29) is 17.1 Å². The Labute approximate surface area is 118 Å². The van der Waals surface area contributed by atoms with Crippen molar-refractivity contribution >= 4 is 17.3 Å². The van der Waals surface area contributed by atoms with Crippen molar-refractivity contribution in [2.24, 2.45) is 0 Å². The summed E-state index contributed by atoms with van der Waals surface area (Å²) in [5.41, 5.74) is 0.509. The first-order chi connectivity index (χ1) is 9.36. The van der Waals surface area contributed by atoms with Crippen molar-refractivity contribution < 1.29 is 9.72 Å². The average Bonchev–Trinajstić information content (AvgIpc) is 2.45. The molecule has 110 valence electrons. The average molecular weight is 279 g/mol. The van der Waals surface area contributed by atoms with Crippen LogP contribution < -0.4 is 10.6 Å². The van der Waals surface area contributed by atoms with Gasteiger partial charge in [-0.15, -0.1) is 0 Å². The van der Waals surface area contributed by atoms with E-state index in [0.717, 1.165) is 12.8 Å². The molecule has 6 heteroatoms. The van der Waals surface area contributed by atoms with Crippen LogP contribution in [0.5, 0.6) is 0 Å². The first-order valence-electron chi connectivity index (χ1n) is 6.65. The van der Waals surface area contributed by atoms with Crippen molar-refractivity contribution in [1.29, 1.82) is 0 Å². The van der Waals surface area contributed by atoms with Gasteiger partial charge >= 0.3 is 0 Å². The van der Waals surface area contributed by atoms with Crippen LogP contribution in [0.1, 0.15) is 44.0 Å². The van der Waals surface area contributed by atoms with Gasteiger partial charge in [-0.05, 0) is 31.9 Å². The Hall–Kier alpha value is -2.11. The van der Waals surface area contributed by atoms with Gasteiger partial charge < -0.3 is 10.6 Å². The van der Waals surface area contributed by atoms with E-state index in [1.807, 2.05) is 20.8 Å². The lowest BCUT2D eigenvalue weighted by Crippen LogP contribution is -2.33. The maximum absolute atomic E-state index is 11.6. The summed E-state index contributed by atoms with van der Waals surface area (Å²) in [5.74, 6) is -0.266. The number of nitrogens with zero attached hydrogens (tertiary/aromatic N) is 1. The molecular formula is C14H21N3O3. The van der Waals surface area contributed by atoms with Gasteiger partial charge in [-0.2, -0.15) is 0 Å². The molecule has 0 spiro atoms. The first kappa shape index (κ1) is 15.9. The number of nitro benzene ring substituents is 1. The van der Waals surface area contributed by atoms with E-state index in [2.05, 4.69) is 10.6 Å². The third-order valence-corrected chi connectivity index (χ3v) is 3.68. The van der Waals surface area contributed by atoms with Crippen molar-refractivity contribution in [3.05, 3.63) is 33.9 Å². The summed E-state index contributed by atoms with van der Waals surface area (Å²) in [6.07, 6.45) is 1.65. The maximum Gasteiger partial charge on any atom is 0.292 e. The minimum Gasteiger partial charge on any atom is -0.374 e. The molecule has 20 heavy (non-hydrogen) atoms. The van der Waals surface area contributed by atoms with Crippen molar-refractivity contribution in [1.82, 2.24) is 5.32 Å². The van der Waals surface area contributed by atoms with Crippen LogP contribution in [0.2, 0.25) is 0 Å². The van der Waals surface area contributed by atoms with Crippen LogP contribution in [0.15, 0.2) is 18.2 Å². The Kier molecular flexibility index (Phi) is 5.07. The molecule has 1 amide bonds. The van der Waals surface area contributed by atoms with Crippen molar-refractivity contribution in [3.63, 3.8) is 0 Å². The van der Waals surface area contributed by atoms with Crippen LogP contribution in [-0.4, -0.2) is 23.4 Å². The standard InChI is InChI=1S/C14H21N3O3/c1-5-14(3,6-2)16-11-9-10(13(18)15-4)7-8-12(11)17(19)20/h7-9,16H,5-6H2,1-4H3,(H,15,18). The van der Waals surface area contributed by atoms with Crippen LogP contribution in [0, 0.1) is 10.1 Å². The molecule has 0 atom stereocenters. The molecule has 0 aliphatic rings. The minimum absolute atomic E-state index is 0.0224. The lowest BCUT2D eigenvalue weighted by atomic mass is 9.94. The molecule has 2 N–H and O–H groups in total. The van der Waals surface area contributed by atoms with E-state index in [1.54, 1.807) is 0 Å². The highest BCUT2D eigenvalue weighted by molar-refractivity contribution is 5.95. The smallest absolute Gasteiger partial charge is 0.292 e. The summed E-state index contributed by atoms with van der Waals surface area (Å²) in [7, 11) is 1.53. The highest BCUT2D eigenvalue weighted by Crippen LogP contribution is 2.30. The lowest BCUT2D eigenvalue weighted by molar-refractivity contribution is -0.384. The molecule has 0 aliphatic heterocycles. The second-order valence-corrected chi connectivity index (χ2v) is 4.96. The Morgan fingerprint density at radius 1 is 1.35 bits per heavy atom. The molecule has 1 aromatic carbocycles. The van der Waals surface area contributed by atoms with Crippen molar-refractivity contribution in [2.45, 2.75) is 39.2 Å². The second kappa shape index (κ2) is 6.36. The number of benzene rings is 1. The van der Waals surface area contributed by atoms with E-state index < -0.39 is 4.92 Å². The lowest BCUT2D eigenvalue weighted by Gasteiger charge is -2.29. The molecule has 0 radical (unpaired) electrons. The third kappa shape index (κ3) is 3.46. The van der Waals surface area contributed by atoms with Crippen LogP contribution in [0.3, 0.4) is 0 Å². The fourth-order valence-corrected chi connectivity index (χ4v) is 1.83. The molecule has 6 nitrogen and oxygen atoms in total. The molecule has 0 heterocycles. The normalized spacial score (nSPS) is 11.0. The quantitative estimate of drug-likeness (QED) is 0.619. The van der Waals surface area contributed by atoms with Crippen LogP contribution in [0.4, 0.5) is 11.4 Å². The number of carbonyl (C=O) groups is 1. The Balaban J connectivity index is 3.25.